The number of carbonyl (C=O) groups excluding carboxylic acids is 1. The van der Waals surface area contributed by atoms with Gasteiger partial charge >= 0.3 is 0 Å². The fraction of sp³-hybridized carbons (Fsp3) is 0.516. The highest BCUT2D eigenvalue weighted by atomic mass is 16.7. The number of fused-ring (bicyclic) bond motifs is 1. The molecule has 3 aliphatic rings. The van der Waals surface area contributed by atoms with E-state index >= 15 is 0 Å². The number of pyridine rings is 1. The Kier molecular flexibility index (Phi) is 9.41. The molecule has 3 aliphatic heterocycles. The Morgan fingerprint density at radius 2 is 1.93 bits per heavy atom. The van der Waals surface area contributed by atoms with Crippen LogP contribution >= 0.6 is 0 Å². The summed E-state index contributed by atoms with van der Waals surface area (Å²) in [4.78, 5) is 24.6. The molecule has 0 spiro atoms. The number of aromatic nitrogens is 3. The second-order valence-electron chi connectivity index (χ2n) is 11.1. The lowest BCUT2D eigenvalue weighted by atomic mass is 10.0. The summed E-state index contributed by atoms with van der Waals surface area (Å²) in [5.74, 6) is 0.597. The maximum atomic E-state index is 13.1. The molecule has 2 saturated heterocycles. The lowest BCUT2D eigenvalue weighted by Crippen LogP contribution is -2.50. The fourth-order valence-corrected chi connectivity index (χ4v) is 5.81. The molecule has 1 aromatic carbocycles. The van der Waals surface area contributed by atoms with Crippen molar-refractivity contribution in [3.63, 3.8) is 0 Å². The third-order valence-electron chi connectivity index (χ3n) is 8.18. The first-order valence-electron chi connectivity index (χ1n) is 15.1. The van der Waals surface area contributed by atoms with Crippen molar-refractivity contribution in [3.05, 3.63) is 59.8 Å². The maximum Gasteiger partial charge on any atom is 0.253 e. The minimum atomic E-state index is 0.0778. The predicted molar refractivity (Wildman–Crippen MR) is 161 cm³/mol. The first-order chi connectivity index (χ1) is 20.7. The molecule has 6 rings (SSSR count). The topological polar surface area (TPSA) is 96.7 Å². The molecule has 1 N–H and O–H groups in total. The van der Waals surface area contributed by atoms with Crippen LogP contribution in [0.15, 0.2) is 48.7 Å². The third-order valence-corrected chi connectivity index (χ3v) is 8.18. The number of anilines is 2. The number of rotatable bonds is 11. The van der Waals surface area contributed by atoms with Gasteiger partial charge in [0.25, 0.3) is 5.91 Å². The average molecular weight is 576 g/mol. The van der Waals surface area contributed by atoms with E-state index in [1.165, 1.54) is 5.57 Å². The molecule has 0 saturated carbocycles. The van der Waals surface area contributed by atoms with Crippen LogP contribution in [0.4, 0.5) is 11.6 Å². The zero-order chi connectivity index (χ0) is 28.7. The van der Waals surface area contributed by atoms with Crippen molar-refractivity contribution in [2.45, 2.75) is 32.3 Å². The summed E-state index contributed by atoms with van der Waals surface area (Å²) >= 11 is 0. The second-order valence-corrected chi connectivity index (χ2v) is 11.1. The molecular weight excluding hydrogens is 534 g/mol. The number of nitrogens with zero attached hydrogens (tertiary/aromatic N) is 6. The van der Waals surface area contributed by atoms with Crippen molar-refractivity contribution < 1.29 is 19.0 Å². The number of benzene rings is 1. The normalized spacial score (nSPS) is 20.3. The van der Waals surface area contributed by atoms with Crippen molar-refractivity contribution in [3.8, 4) is 0 Å². The molecule has 2 aromatic heterocycles. The largest absolute Gasteiger partial charge is 0.377 e. The number of nitrogens with one attached hydrogen (secondary N) is 1. The molecular formula is C31H41N7O4. The van der Waals surface area contributed by atoms with E-state index in [4.69, 9.17) is 19.2 Å². The van der Waals surface area contributed by atoms with E-state index in [1.54, 1.807) is 0 Å². The Morgan fingerprint density at radius 3 is 2.67 bits per heavy atom. The summed E-state index contributed by atoms with van der Waals surface area (Å²) < 4.78 is 18.4. The van der Waals surface area contributed by atoms with E-state index in [0.717, 1.165) is 88.6 Å². The van der Waals surface area contributed by atoms with Gasteiger partial charge in [-0.05, 0) is 68.2 Å². The van der Waals surface area contributed by atoms with Gasteiger partial charge in [-0.1, -0.05) is 6.08 Å². The molecule has 2 fully saturated rings. The average Bonchev–Trinajstić information content (AvgIpc) is 3.70. The van der Waals surface area contributed by atoms with Gasteiger partial charge in [-0.3, -0.25) is 14.6 Å². The van der Waals surface area contributed by atoms with Crippen LogP contribution in [0.25, 0.3) is 11.2 Å². The van der Waals surface area contributed by atoms with Gasteiger partial charge in [-0.2, -0.15) is 4.98 Å². The van der Waals surface area contributed by atoms with Gasteiger partial charge < -0.3 is 24.4 Å². The summed E-state index contributed by atoms with van der Waals surface area (Å²) in [5.41, 5.74) is 4.70. The number of carbonyl (C=O) groups is 1. The molecule has 3 aromatic rings. The van der Waals surface area contributed by atoms with E-state index in [9.17, 15) is 4.79 Å². The van der Waals surface area contributed by atoms with Crippen molar-refractivity contribution in [2.24, 2.45) is 0 Å². The summed E-state index contributed by atoms with van der Waals surface area (Å²) in [6.07, 6.45) is 7.72. The van der Waals surface area contributed by atoms with Crippen LogP contribution in [-0.4, -0.2) is 114 Å². The molecule has 11 heteroatoms. The third kappa shape index (κ3) is 6.99. The van der Waals surface area contributed by atoms with Gasteiger partial charge in [0.1, 0.15) is 13.5 Å². The standard InChI is InChI=1S/C31H41N7O4/c1-2-40-23-41-22-36-14-11-24(12-15-36)28-6-3-13-38-29(28)33-31(34-38)32-26-9-7-25(8-10-26)30(39)37-18-16-35(17-19-37)21-27-5-4-20-42-27/h3,6-11,13,27H,2,4-5,12,14-23H2,1H3,(H,32,34). The highest BCUT2D eigenvalue weighted by Gasteiger charge is 2.25. The van der Waals surface area contributed by atoms with Crippen LogP contribution in [0.1, 0.15) is 42.1 Å². The molecule has 1 amide bonds. The second kappa shape index (κ2) is 13.7. The minimum Gasteiger partial charge on any atom is -0.377 e. The SMILES string of the molecule is CCOCOCN1CC=C(c2cccn3nc(Nc4ccc(C(=O)N5CCN(CC6CCCO6)CC5)cc4)nc23)CC1. The number of ether oxygens (including phenoxy) is 3. The van der Waals surface area contributed by atoms with E-state index in [2.05, 4.69) is 32.4 Å². The monoisotopic (exact) mass is 575 g/mol. The molecule has 5 heterocycles. The van der Waals surface area contributed by atoms with Gasteiger partial charge in [0.05, 0.1) is 6.10 Å². The first-order valence-corrected chi connectivity index (χ1v) is 15.1. The van der Waals surface area contributed by atoms with Gasteiger partial charge in [0.2, 0.25) is 5.95 Å². The zero-order valence-electron chi connectivity index (χ0n) is 24.4. The van der Waals surface area contributed by atoms with Crippen LogP contribution in [0.5, 0.6) is 0 Å². The van der Waals surface area contributed by atoms with E-state index < -0.39 is 0 Å². The van der Waals surface area contributed by atoms with Crippen LogP contribution in [-0.2, 0) is 14.2 Å². The Labute approximate surface area is 247 Å². The van der Waals surface area contributed by atoms with Gasteiger partial charge in [0.15, 0.2) is 5.65 Å². The lowest BCUT2D eigenvalue weighted by molar-refractivity contribution is -0.0847. The van der Waals surface area contributed by atoms with Crippen LogP contribution < -0.4 is 5.32 Å². The van der Waals surface area contributed by atoms with Crippen LogP contribution in [0, 0.1) is 0 Å². The Balaban J connectivity index is 1.04. The number of hydrogen-bond acceptors (Lipinski definition) is 9. The highest BCUT2D eigenvalue weighted by molar-refractivity contribution is 5.94. The van der Waals surface area contributed by atoms with E-state index in [1.807, 2.05) is 52.9 Å². The van der Waals surface area contributed by atoms with Crippen LogP contribution in [0.3, 0.4) is 0 Å². The maximum absolute atomic E-state index is 13.1. The summed E-state index contributed by atoms with van der Waals surface area (Å²) in [5, 5.41) is 7.95. The van der Waals surface area contributed by atoms with E-state index in [0.29, 0.717) is 37.7 Å². The summed E-state index contributed by atoms with van der Waals surface area (Å²) in [6.45, 7) is 10.4. The fourth-order valence-electron chi connectivity index (χ4n) is 5.81. The molecule has 0 aliphatic carbocycles. The van der Waals surface area contributed by atoms with Crippen molar-refractivity contribution in [1.29, 1.82) is 0 Å². The predicted octanol–water partition coefficient (Wildman–Crippen LogP) is 3.47. The Hall–Kier alpha value is -3.35. The van der Waals surface area contributed by atoms with Gasteiger partial charge in [0, 0.05) is 82.0 Å². The van der Waals surface area contributed by atoms with Gasteiger partial charge in [-0.25, -0.2) is 4.52 Å². The van der Waals surface area contributed by atoms with Gasteiger partial charge in [-0.15, -0.1) is 5.10 Å². The molecule has 1 unspecified atom stereocenters. The number of piperazine rings is 1. The number of hydrogen-bond donors (Lipinski definition) is 1. The first kappa shape index (κ1) is 28.8. The minimum absolute atomic E-state index is 0.0778. The molecule has 11 nitrogen and oxygen atoms in total. The summed E-state index contributed by atoms with van der Waals surface area (Å²) in [6, 6.07) is 11.7. The molecule has 224 valence electrons. The van der Waals surface area contributed by atoms with Crippen LogP contribution in [0.2, 0.25) is 0 Å². The summed E-state index contributed by atoms with van der Waals surface area (Å²) in [7, 11) is 0. The Bertz CT molecular complexity index is 1360. The smallest absolute Gasteiger partial charge is 0.253 e. The molecule has 42 heavy (non-hydrogen) atoms. The van der Waals surface area contributed by atoms with E-state index in [-0.39, 0.29) is 5.91 Å². The zero-order valence-corrected chi connectivity index (χ0v) is 24.4. The Morgan fingerprint density at radius 1 is 1.07 bits per heavy atom. The van der Waals surface area contributed by atoms with Crippen molar-refractivity contribution in [1.82, 2.24) is 29.3 Å². The number of amides is 1. The molecule has 0 bridgehead atoms. The molecule has 1 atom stereocenters. The lowest BCUT2D eigenvalue weighted by Gasteiger charge is -2.35. The highest BCUT2D eigenvalue weighted by Crippen LogP contribution is 2.27. The quantitative estimate of drug-likeness (QED) is 0.272. The van der Waals surface area contributed by atoms with Crippen molar-refractivity contribution in [2.75, 3.05) is 77.9 Å². The molecule has 0 radical (unpaired) electrons. The van der Waals surface area contributed by atoms with Crippen molar-refractivity contribution >= 4 is 28.8 Å².